The normalized spacial score (nSPS) is 15.7. The molecule has 1 saturated heterocycles. The monoisotopic (exact) mass is 439 g/mol. The van der Waals surface area contributed by atoms with Gasteiger partial charge in [0.15, 0.2) is 11.5 Å². The summed E-state index contributed by atoms with van der Waals surface area (Å²) < 4.78 is 54.7. The maximum Gasteiger partial charge on any atom is 0.416 e. The molecule has 0 spiro atoms. The minimum Gasteiger partial charge on any atom is -0.493 e. The second-order valence-electron chi connectivity index (χ2n) is 6.02. The van der Waals surface area contributed by atoms with Crippen molar-refractivity contribution in [2.75, 3.05) is 26.2 Å². The summed E-state index contributed by atoms with van der Waals surface area (Å²) in [4.78, 5) is 25.9. The first kappa shape index (κ1) is 21.6. The van der Waals surface area contributed by atoms with Crippen LogP contribution in [0.3, 0.4) is 0 Å². The van der Waals surface area contributed by atoms with Crippen molar-refractivity contribution in [1.82, 2.24) is 0 Å². The molecular weight excluding hydrogens is 423 g/mol. The van der Waals surface area contributed by atoms with Crippen LogP contribution in [0.15, 0.2) is 41.3 Å². The van der Waals surface area contributed by atoms with Crippen LogP contribution in [-0.2, 0) is 11.0 Å². The average molecular weight is 439 g/mol. The van der Waals surface area contributed by atoms with Gasteiger partial charge >= 0.3 is 6.18 Å². The van der Waals surface area contributed by atoms with Crippen molar-refractivity contribution in [3.8, 4) is 17.2 Å². The van der Waals surface area contributed by atoms with Crippen molar-refractivity contribution in [2.24, 2.45) is 0 Å². The Morgan fingerprint density at radius 3 is 2.13 bits per heavy atom. The lowest BCUT2D eigenvalue weighted by Crippen LogP contribution is -2.28. The van der Waals surface area contributed by atoms with Crippen LogP contribution < -0.4 is 19.1 Å². The fourth-order valence-corrected chi connectivity index (χ4v) is 3.69. The van der Waals surface area contributed by atoms with Crippen molar-refractivity contribution < 1.29 is 37.0 Å². The smallest absolute Gasteiger partial charge is 0.416 e. The van der Waals surface area contributed by atoms with E-state index in [1.165, 1.54) is 33.5 Å². The fraction of sp³-hybridized carbons (Fsp3) is 0.200. The highest BCUT2D eigenvalue weighted by Crippen LogP contribution is 2.41. The Hall–Kier alpha value is -3.14. The van der Waals surface area contributed by atoms with E-state index in [1.54, 1.807) is 12.1 Å². The molecule has 2 aromatic rings. The van der Waals surface area contributed by atoms with Crippen LogP contribution in [0.4, 0.5) is 23.7 Å². The number of benzene rings is 2. The molecule has 1 heterocycles. The van der Waals surface area contributed by atoms with Gasteiger partial charge in [0.2, 0.25) is 5.75 Å². The first-order valence-electron chi connectivity index (χ1n) is 8.44. The number of ether oxygens (including phenoxy) is 3. The molecule has 1 fully saturated rings. The predicted molar refractivity (Wildman–Crippen MR) is 106 cm³/mol. The molecule has 0 unspecified atom stereocenters. The third-order valence-corrected chi connectivity index (χ3v) is 5.08. The Kier molecular flexibility index (Phi) is 5.97. The summed E-state index contributed by atoms with van der Waals surface area (Å²) in [5.74, 6) is 0.327. The van der Waals surface area contributed by atoms with E-state index < -0.39 is 22.9 Å². The molecule has 10 heteroatoms. The van der Waals surface area contributed by atoms with Crippen molar-refractivity contribution in [3.63, 3.8) is 0 Å². The Labute approximate surface area is 174 Å². The molecule has 1 aliphatic rings. The zero-order chi connectivity index (χ0) is 22.1. The van der Waals surface area contributed by atoms with Crippen LogP contribution in [0.1, 0.15) is 11.1 Å². The second kappa shape index (κ2) is 8.31. The molecule has 0 N–H and O–H groups in total. The first-order chi connectivity index (χ1) is 14.2. The van der Waals surface area contributed by atoms with E-state index in [4.69, 9.17) is 14.2 Å². The highest BCUT2D eigenvalue weighted by atomic mass is 32.2. The molecule has 0 aliphatic carbocycles. The third-order valence-electron chi connectivity index (χ3n) is 4.21. The average Bonchev–Trinajstić information content (AvgIpc) is 2.99. The van der Waals surface area contributed by atoms with Crippen LogP contribution in [-0.4, -0.2) is 32.5 Å². The number of hydrogen-bond acceptors (Lipinski definition) is 6. The van der Waals surface area contributed by atoms with E-state index in [9.17, 15) is 22.8 Å². The van der Waals surface area contributed by atoms with E-state index in [0.29, 0.717) is 39.5 Å². The standard InChI is InChI=1S/C20H16F3NO5S/c1-27-14-7-11(8-15(28-2)17(14)29-3)9-16-18(25)24(19(26)30-16)13-6-4-5-12(10-13)20(21,22)23/h4-10H,1-3H3/b16-9-. The minimum absolute atomic E-state index is 0.0479. The Balaban J connectivity index is 1.98. The van der Waals surface area contributed by atoms with Gasteiger partial charge in [-0.25, -0.2) is 4.90 Å². The Morgan fingerprint density at radius 2 is 1.60 bits per heavy atom. The van der Waals surface area contributed by atoms with E-state index in [0.717, 1.165) is 18.2 Å². The zero-order valence-corrected chi connectivity index (χ0v) is 16.9. The molecule has 2 amide bonds. The van der Waals surface area contributed by atoms with Gasteiger partial charge in [0.1, 0.15) is 0 Å². The number of carbonyl (C=O) groups is 2. The van der Waals surface area contributed by atoms with Crippen molar-refractivity contribution >= 4 is 34.7 Å². The molecule has 1 aliphatic heterocycles. The van der Waals surface area contributed by atoms with Gasteiger partial charge in [-0.15, -0.1) is 0 Å². The summed E-state index contributed by atoms with van der Waals surface area (Å²) in [5.41, 5.74) is -0.618. The number of imide groups is 1. The third kappa shape index (κ3) is 4.09. The molecule has 0 aromatic heterocycles. The van der Waals surface area contributed by atoms with Crippen LogP contribution >= 0.6 is 11.8 Å². The predicted octanol–water partition coefficient (Wildman–Crippen LogP) is 4.97. The molecule has 0 bridgehead atoms. The summed E-state index contributed by atoms with van der Waals surface area (Å²) in [6.07, 6.45) is -3.16. The van der Waals surface area contributed by atoms with Gasteiger partial charge in [0.05, 0.1) is 37.5 Å². The second-order valence-corrected chi connectivity index (χ2v) is 7.02. The van der Waals surface area contributed by atoms with Crippen LogP contribution in [0.2, 0.25) is 0 Å². The molecule has 6 nitrogen and oxygen atoms in total. The van der Waals surface area contributed by atoms with E-state index >= 15 is 0 Å². The number of thioether (sulfide) groups is 1. The first-order valence-corrected chi connectivity index (χ1v) is 9.26. The molecule has 3 rings (SSSR count). The zero-order valence-electron chi connectivity index (χ0n) is 16.1. The lowest BCUT2D eigenvalue weighted by Gasteiger charge is -2.15. The number of nitrogens with zero attached hydrogens (tertiary/aromatic N) is 1. The molecule has 30 heavy (non-hydrogen) atoms. The van der Waals surface area contributed by atoms with Crippen LogP contribution in [0, 0.1) is 0 Å². The lowest BCUT2D eigenvalue weighted by molar-refractivity contribution is -0.137. The van der Waals surface area contributed by atoms with Gasteiger partial charge in [-0.3, -0.25) is 9.59 Å². The molecule has 0 atom stereocenters. The van der Waals surface area contributed by atoms with E-state index in [-0.39, 0.29) is 10.6 Å². The highest BCUT2D eigenvalue weighted by Gasteiger charge is 2.38. The SMILES string of the molecule is COc1cc(/C=C2\SC(=O)N(c3cccc(C(F)(F)F)c3)C2=O)cc(OC)c1OC. The summed E-state index contributed by atoms with van der Waals surface area (Å²) in [6, 6.07) is 7.21. The fourth-order valence-electron chi connectivity index (χ4n) is 2.85. The largest absolute Gasteiger partial charge is 0.493 e. The number of methoxy groups -OCH3 is 3. The summed E-state index contributed by atoms with van der Waals surface area (Å²) in [7, 11) is 4.31. The van der Waals surface area contributed by atoms with E-state index in [1.807, 2.05) is 0 Å². The molecule has 2 aromatic carbocycles. The minimum atomic E-state index is -4.59. The number of halogens is 3. The maximum absolute atomic E-state index is 13.0. The highest BCUT2D eigenvalue weighted by molar-refractivity contribution is 8.19. The van der Waals surface area contributed by atoms with Gasteiger partial charge < -0.3 is 14.2 Å². The summed E-state index contributed by atoms with van der Waals surface area (Å²) >= 11 is 0.626. The quantitative estimate of drug-likeness (QED) is 0.613. The van der Waals surface area contributed by atoms with Crippen LogP contribution in [0.25, 0.3) is 6.08 Å². The van der Waals surface area contributed by atoms with Crippen molar-refractivity contribution in [2.45, 2.75) is 6.18 Å². The number of amides is 2. The van der Waals surface area contributed by atoms with Crippen LogP contribution in [0.5, 0.6) is 17.2 Å². The summed E-state index contributed by atoms with van der Waals surface area (Å²) in [6.45, 7) is 0. The Bertz CT molecular complexity index is 1010. The van der Waals surface area contributed by atoms with Crippen molar-refractivity contribution in [3.05, 3.63) is 52.4 Å². The van der Waals surface area contributed by atoms with Gasteiger partial charge in [-0.2, -0.15) is 13.2 Å². The molecule has 158 valence electrons. The number of rotatable bonds is 5. The van der Waals surface area contributed by atoms with E-state index in [2.05, 4.69) is 0 Å². The Morgan fingerprint density at radius 1 is 0.967 bits per heavy atom. The number of anilines is 1. The number of carbonyl (C=O) groups excluding carboxylic acids is 2. The molecular formula is C20H16F3NO5S. The topological polar surface area (TPSA) is 65.1 Å². The molecule has 0 saturated carbocycles. The van der Waals surface area contributed by atoms with Gasteiger partial charge in [-0.1, -0.05) is 6.07 Å². The van der Waals surface area contributed by atoms with Gasteiger partial charge in [0, 0.05) is 0 Å². The van der Waals surface area contributed by atoms with Crippen molar-refractivity contribution in [1.29, 1.82) is 0 Å². The van der Waals surface area contributed by atoms with Gasteiger partial charge in [-0.05, 0) is 53.7 Å². The molecule has 0 radical (unpaired) electrons. The maximum atomic E-state index is 13.0. The number of alkyl halides is 3. The number of hydrogen-bond donors (Lipinski definition) is 0. The summed E-state index contributed by atoms with van der Waals surface area (Å²) in [5, 5.41) is -0.696. The van der Waals surface area contributed by atoms with Gasteiger partial charge in [0.25, 0.3) is 11.1 Å². The lowest BCUT2D eigenvalue weighted by atomic mass is 10.1.